The zero-order valence-corrected chi connectivity index (χ0v) is 11.9. The van der Waals surface area contributed by atoms with Crippen molar-refractivity contribution in [3.8, 4) is 0 Å². The standard InChI is InChI=1S/C15H16N2OS/c1-9-6-7-11(10(2)8-9)14(18)17-15-16-12-4-3-5-13(12)19-15/h6-8H,3-5H2,1-2H3,(H,16,17,18). The molecule has 1 heterocycles. The number of rotatable bonds is 2. The van der Waals surface area contributed by atoms with E-state index < -0.39 is 0 Å². The highest BCUT2D eigenvalue weighted by atomic mass is 32.1. The smallest absolute Gasteiger partial charge is 0.257 e. The predicted molar refractivity (Wildman–Crippen MR) is 78.0 cm³/mol. The summed E-state index contributed by atoms with van der Waals surface area (Å²) in [4.78, 5) is 18.0. The Labute approximate surface area is 116 Å². The predicted octanol–water partition coefficient (Wildman–Crippen LogP) is 3.50. The maximum Gasteiger partial charge on any atom is 0.257 e. The van der Waals surface area contributed by atoms with E-state index in [2.05, 4.69) is 10.3 Å². The third-order valence-corrected chi connectivity index (χ3v) is 4.52. The van der Waals surface area contributed by atoms with E-state index >= 15 is 0 Å². The molecule has 4 heteroatoms. The highest BCUT2D eigenvalue weighted by molar-refractivity contribution is 7.16. The second-order valence-electron chi connectivity index (χ2n) is 5.01. The Kier molecular flexibility index (Phi) is 3.11. The number of hydrogen-bond donors (Lipinski definition) is 1. The first-order chi connectivity index (χ1) is 9.13. The van der Waals surface area contributed by atoms with Crippen molar-refractivity contribution in [2.24, 2.45) is 0 Å². The quantitative estimate of drug-likeness (QED) is 0.909. The molecule has 2 aromatic rings. The van der Waals surface area contributed by atoms with Crippen molar-refractivity contribution in [3.05, 3.63) is 45.5 Å². The van der Waals surface area contributed by atoms with Crippen LogP contribution in [0.1, 0.15) is 38.5 Å². The van der Waals surface area contributed by atoms with E-state index in [9.17, 15) is 4.79 Å². The highest BCUT2D eigenvalue weighted by Crippen LogP contribution is 2.30. The Morgan fingerprint density at radius 2 is 2.16 bits per heavy atom. The summed E-state index contributed by atoms with van der Waals surface area (Å²) in [7, 11) is 0. The van der Waals surface area contributed by atoms with Gasteiger partial charge in [0.1, 0.15) is 0 Å². The van der Waals surface area contributed by atoms with Crippen molar-refractivity contribution in [1.29, 1.82) is 0 Å². The molecule has 0 saturated carbocycles. The first-order valence-corrected chi connectivity index (χ1v) is 7.32. The van der Waals surface area contributed by atoms with Gasteiger partial charge < -0.3 is 0 Å². The van der Waals surface area contributed by atoms with Crippen molar-refractivity contribution >= 4 is 22.4 Å². The summed E-state index contributed by atoms with van der Waals surface area (Å²) in [5, 5.41) is 3.65. The summed E-state index contributed by atoms with van der Waals surface area (Å²) in [6.45, 7) is 3.99. The molecular weight excluding hydrogens is 256 g/mol. The van der Waals surface area contributed by atoms with E-state index in [0.717, 1.165) is 29.1 Å². The average molecular weight is 272 g/mol. The SMILES string of the molecule is Cc1ccc(C(=O)Nc2nc3c(s2)CCC3)c(C)c1. The van der Waals surface area contributed by atoms with Gasteiger partial charge in [0.05, 0.1) is 5.69 Å². The van der Waals surface area contributed by atoms with Crippen LogP contribution >= 0.6 is 11.3 Å². The topological polar surface area (TPSA) is 42.0 Å². The lowest BCUT2D eigenvalue weighted by Crippen LogP contribution is -2.13. The van der Waals surface area contributed by atoms with Gasteiger partial charge in [-0.05, 0) is 44.7 Å². The molecule has 1 aromatic carbocycles. The Hall–Kier alpha value is -1.68. The van der Waals surface area contributed by atoms with E-state index in [1.165, 1.54) is 22.6 Å². The van der Waals surface area contributed by atoms with Gasteiger partial charge in [0, 0.05) is 10.4 Å². The molecule has 1 N–H and O–H groups in total. The third-order valence-electron chi connectivity index (χ3n) is 3.44. The van der Waals surface area contributed by atoms with Gasteiger partial charge in [-0.3, -0.25) is 10.1 Å². The molecule has 0 atom stereocenters. The van der Waals surface area contributed by atoms with Gasteiger partial charge in [-0.2, -0.15) is 0 Å². The van der Waals surface area contributed by atoms with Crippen LogP contribution in [0.2, 0.25) is 0 Å². The second kappa shape index (κ2) is 4.78. The highest BCUT2D eigenvalue weighted by Gasteiger charge is 2.18. The van der Waals surface area contributed by atoms with Gasteiger partial charge in [0.2, 0.25) is 0 Å². The first kappa shape index (κ1) is 12.4. The number of benzene rings is 1. The molecule has 3 rings (SSSR count). The lowest BCUT2D eigenvalue weighted by molar-refractivity contribution is 0.102. The minimum absolute atomic E-state index is 0.0649. The number of nitrogens with one attached hydrogen (secondary N) is 1. The van der Waals surface area contributed by atoms with E-state index in [1.807, 2.05) is 32.0 Å². The molecule has 1 amide bonds. The number of amides is 1. The maximum absolute atomic E-state index is 12.2. The second-order valence-corrected chi connectivity index (χ2v) is 6.10. The Morgan fingerprint density at radius 1 is 1.32 bits per heavy atom. The third kappa shape index (κ3) is 2.40. The molecule has 98 valence electrons. The largest absolute Gasteiger partial charge is 0.298 e. The molecule has 1 aliphatic carbocycles. The van der Waals surface area contributed by atoms with E-state index in [4.69, 9.17) is 0 Å². The lowest BCUT2D eigenvalue weighted by atomic mass is 10.1. The fourth-order valence-electron chi connectivity index (χ4n) is 2.48. The van der Waals surface area contributed by atoms with Crippen LogP contribution in [0.4, 0.5) is 5.13 Å². The van der Waals surface area contributed by atoms with Crippen LogP contribution < -0.4 is 5.32 Å². The van der Waals surface area contributed by atoms with Crippen molar-refractivity contribution in [1.82, 2.24) is 4.98 Å². The summed E-state index contributed by atoms with van der Waals surface area (Å²) in [6, 6.07) is 5.86. The Balaban J connectivity index is 1.80. The van der Waals surface area contributed by atoms with Crippen molar-refractivity contribution in [2.45, 2.75) is 33.1 Å². The molecule has 19 heavy (non-hydrogen) atoms. The molecule has 0 fully saturated rings. The van der Waals surface area contributed by atoms with Gasteiger partial charge in [-0.25, -0.2) is 4.98 Å². The van der Waals surface area contributed by atoms with E-state index in [0.29, 0.717) is 0 Å². The molecular formula is C15H16N2OS. The number of hydrogen-bond acceptors (Lipinski definition) is 3. The first-order valence-electron chi connectivity index (χ1n) is 6.50. The molecule has 0 radical (unpaired) electrons. The molecule has 1 aromatic heterocycles. The molecule has 0 unspecified atom stereocenters. The van der Waals surface area contributed by atoms with Gasteiger partial charge >= 0.3 is 0 Å². The molecule has 0 aliphatic heterocycles. The Bertz CT molecular complexity index is 624. The number of fused-ring (bicyclic) bond motifs is 1. The van der Waals surface area contributed by atoms with Crippen LogP contribution in [-0.2, 0) is 12.8 Å². The van der Waals surface area contributed by atoms with Gasteiger partial charge in [-0.15, -0.1) is 11.3 Å². The van der Waals surface area contributed by atoms with Gasteiger partial charge in [-0.1, -0.05) is 17.7 Å². The van der Waals surface area contributed by atoms with Crippen LogP contribution in [0, 0.1) is 13.8 Å². The summed E-state index contributed by atoms with van der Waals surface area (Å²) in [6.07, 6.45) is 3.34. The summed E-state index contributed by atoms with van der Waals surface area (Å²) < 4.78 is 0. The van der Waals surface area contributed by atoms with Crippen LogP contribution in [-0.4, -0.2) is 10.9 Å². The molecule has 0 spiro atoms. The number of aromatic nitrogens is 1. The van der Waals surface area contributed by atoms with E-state index in [-0.39, 0.29) is 5.91 Å². The minimum Gasteiger partial charge on any atom is -0.298 e. The Morgan fingerprint density at radius 3 is 2.89 bits per heavy atom. The lowest BCUT2D eigenvalue weighted by Gasteiger charge is -2.06. The van der Waals surface area contributed by atoms with Crippen molar-refractivity contribution in [3.63, 3.8) is 0 Å². The average Bonchev–Trinajstić information content (AvgIpc) is 2.89. The summed E-state index contributed by atoms with van der Waals surface area (Å²) >= 11 is 1.61. The molecule has 0 saturated heterocycles. The number of aryl methyl sites for hydroxylation is 4. The van der Waals surface area contributed by atoms with E-state index in [1.54, 1.807) is 11.3 Å². The maximum atomic E-state index is 12.2. The number of carbonyl (C=O) groups is 1. The molecule has 0 bridgehead atoms. The van der Waals surface area contributed by atoms with Gasteiger partial charge in [0.15, 0.2) is 5.13 Å². The van der Waals surface area contributed by atoms with Crippen LogP contribution in [0.15, 0.2) is 18.2 Å². The summed E-state index contributed by atoms with van der Waals surface area (Å²) in [5.74, 6) is -0.0649. The van der Waals surface area contributed by atoms with Crippen LogP contribution in [0.3, 0.4) is 0 Å². The van der Waals surface area contributed by atoms with Crippen molar-refractivity contribution < 1.29 is 4.79 Å². The molecule has 3 nitrogen and oxygen atoms in total. The number of thiazole rings is 1. The number of carbonyl (C=O) groups excluding carboxylic acids is 1. The van der Waals surface area contributed by atoms with Crippen molar-refractivity contribution in [2.75, 3.05) is 5.32 Å². The van der Waals surface area contributed by atoms with Crippen LogP contribution in [0.25, 0.3) is 0 Å². The molecule has 1 aliphatic rings. The number of anilines is 1. The van der Waals surface area contributed by atoms with Gasteiger partial charge in [0.25, 0.3) is 5.91 Å². The zero-order valence-electron chi connectivity index (χ0n) is 11.1. The van der Waals surface area contributed by atoms with Crippen LogP contribution in [0.5, 0.6) is 0 Å². The fourth-order valence-corrected chi connectivity index (χ4v) is 3.52. The summed E-state index contributed by atoms with van der Waals surface area (Å²) in [5.41, 5.74) is 4.06. The zero-order chi connectivity index (χ0) is 13.4. The minimum atomic E-state index is -0.0649. The fraction of sp³-hybridized carbons (Fsp3) is 0.333. The number of nitrogens with zero attached hydrogens (tertiary/aromatic N) is 1. The monoisotopic (exact) mass is 272 g/mol. The normalized spacial score (nSPS) is 13.4.